The van der Waals surface area contributed by atoms with Crippen LogP contribution in [0.3, 0.4) is 0 Å². The molecular weight excluding hydrogens is 459 g/mol. The number of carbonyl (C=O) groups excluding carboxylic acids is 1. The van der Waals surface area contributed by atoms with E-state index in [0.717, 1.165) is 5.56 Å². The maximum atomic E-state index is 13.6. The van der Waals surface area contributed by atoms with Gasteiger partial charge in [-0.15, -0.1) is 5.10 Å². The monoisotopic (exact) mass is 484 g/mol. The molecule has 1 unspecified atom stereocenters. The Kier molecular flexibility index (Phi) is 7.13. The Morgan fingerprint density at radius 2 is 1.89 bits per heavy atom. The highest BCUT2D eigenvalue weighted by Crippen LogP contribution is 2.40. The van der Waals surface area contributed by atoms with Crippen LogP contribution >= 0.6 is 0 Å². The van der Waals surface area contributed by atoms with E-state index in [-0.39, 0.29) is 24.1 Å². The fourth-order valence-electron chi connectivity index (χ4n) is 4.27. The fraction of sp³-hybridized carbons (Fsp3) is 0.179. The van der Waals surface area contributed by atoms with Gasteiger partial charge in [-0.2, -0.15) is 5.26 Å². The molecule has 1 aliphatic rings. The third-order valence-electron chi connectivity index (χ3n) is 6.09. The van der Waals surface area contributed by atoms with Crippen LogP contribution in [-0.2, 0) is 11.3 Å². The lowest BCUT2D eigenvalue weighted by molar-refractivity contribution is 0.0360. The van der Waals surface area contributed by atoms with E-state index in [1.807, 2.05) is 18.2 Å². The van der Waals surface area contributed by atoms with Crippen molar-refractivity contribution in [3.05, 3.63) is 113 Å². The van der Waals surface area contributed by atoms with Gasteiger partial charge in [-0.25, -0.2) is 4.39 Å². The fourth-order valence-corrected chi connectivity index (χ4v) is 4.27. The average Bonchev–Trinajstić information content (AvgIpc) is 3.22. The van der Waals surface area contributed by atoms with Crippen LogP contribution in [0.5, 0.6) is 0 Å². The normalized spacial score (nSPS) is 15.6. The van der Waals surface area contributed by atoms with Crippen molar-refractivity contribution in [2.24, 2.45) is 10.9 Å². The molecule has 3 aromatic rings. The van der Waals surface area contributed by atoms with Crippen molar-refractivity contribution in [3.8, 4) is 6.07 Å². The van der Waals surface area contributed by atoms with E-state index < -0.39 is 18.3 Å². The highest BCUT2D eigenvalue weighted by molar-refractivity contribution is 5.99. The number of alkyl halides is 1. The number of benzene rings is 3. The molecule has 4 rings (SSSR count). The molecule has 0 aliphatic carbocycles. The second-order valence-corrected chi connectivity index (χ2v) is 8.45. The summed E-state index contributed by atoms with van der Waals surface area (Å²) in [5, 5.41) is 24.1. The number of amides is 1. The van der Waals surface area contributed by atoms with Crippen LogP contribution in [0.1, 0.15) is 57.2 Å². The number of aliphatic hydroxyl groups excluding tert-OH is 1. The summed E-state index contributed by atoms with van der Waals surface area (Å²) in [5.41, 5.74) is 3.35. The lowest BCUT2D eigenvalue weighted by atomic mass is 9.93. The lowest BCUT2D eigenvalue weighted by Crippen LogP contribution is -2.33. The van der Waals surface area contributed by atoms with Crippen LogP contribution < -0.4 is 5.84 Å². The van der Waals surface area contributed by atoms with E-state index in [1.54, 1.807) is 59.5 Å². The van der Waals surface area contributed by atoms with Crippen molar-refractivity contribution in [3.63, 3.8) is 0 Å². The molecule has 3 N–H and O–H groups in total. The highest BCUT2D eigenvalue weighted by atomic mass is 19.1. The number of hydrazone groups is 1. The quantitative estimate of drug-likeness (QED) is 0.167. The standard InChI is InChI=1S/C28H25FN4O3/c1-17(29)27(32-31)36-18(2)21-11-12-23-16-33(28(35)24(23)14-21)25(22-10-6-7-19(13-22)15-30)26(34)20-8-4-3-5-9-20/h3-14,17,25-26,34H,2,16,31H2,1H3/b32-27-/t17?,25-,26+/m1/s1. The number of hydrogen-bond donors (Lipinski definition) is 2. The first-order chi connectivity index (χ1) is 17.3. The minimum absolute atomic E-state index is 0.0975. The number of nitrogens with zero attached hydrogens (tertiary/aromatic N) is 3. The highest BCUT2D eigenvalue weighted by Gasteiger charge is 2.38. The van der Waals surface area contributed by atoms with Gasteiger partial charge in [0.05, 0.1) is 17.7 Å². The Bertz CT molecular complexity index is 1360. The number of rotatable bonds is 7. The first kappa shape index (κ1) is 24.6. The van der Waals surface area contributed by atoms with E-state index in [1.165, 1.54) is 6.92 Å². The van der Waals surface area contributed by atoms with Gasteiger partial charge in [-0.05, 0) is 41.8 Å². The van der Waals surface area contributed by atoms with Crippen molar-refractivity contribution in [1.29, 1.82) is 5.26 Å². The summed E-state index contributed by atoms with van der Waals surface area (Å²) in [6, 6.07) is 22.4. The molecule has 0 saturated carbocycles. The van der Waals surface area contributed by atoms with Gasteiger partial charge >= 0.3 is 0 Å². The Morgan fingerprint density at radius 3 is 2.56 bits per heavy atom. The minimum Gasteiger partial charge on any atom is -0.439 e. The first-order valence-electron chi connectivity index (χ1n) is 11.3. The van der Waals surface area contributed by atoms with E-state index in [0.29, 0.717) is 27.8 Å². The second kappa shape index (κ2) is 10.4. The summed E-state index contributed by atoms with van der Waals surface area (Å²) >= 11 is 0. The largest absolute Gasteiger partial charge is 0.439 e. The molecule has 0 radical (unpaired) electrons. The van der Waals surface area contributed by atoms with E-state index in [2.05, 4.69) is 17.7 Å². The smallest absolute Gasteiger partial charge is 0.255 e. The molecule has 0 saturated heterocycles. The van der Waals surface area contributed by atoms with Crippen LogP contribution in [-0.4, -0.2) is 28.0 Å². The summed E-state index contributed by atoms with van der Waals surface area (Å²) in [6.07, 6.45) is -2.56. The zero-order valence-electron chi connectivity index (χ0n) is 19.6. The topological polar surface area (TPSA) is 112 Å². The molecule has 1 aliphatic heterocycles. The van der Waals surface area contributed by atoms with Gasteiger partial charge in [0.1, 0.15) is 11.9 Å². The summed E-state index contributed by atoms with van der Waals surface area (Å²) in [6.45, 7) is 5.31. The number of fused-ring (bicyclic) bond motifs is 1. The summed E-state index contributed by atoms with van der Waals surface area (Å²) in [4.78, 5) is 15.2. The molecule has 0 fully saturated rings. The molecule has 1 amide bonds. The molecule has 182 valence electrons. The van der Waals surface area contributed by atoms with Crippen molar-refractivity contribution in [2.75, 3.05) is 0 Å². The predicted molar refractivity (Wildman–Crippen MR) is 134 cm³/mol. The minimum atomic E-state index is -1.53. The van der Waals surface area contributed by atoms with E-state index in [4.69, 9.17) is 10.6 Å². The van der Waals surface area contributed by atoms with Gasteiger partial charge in [0, 0.05) is 17.7 Å². The van der Waals surface area contributed by atoms with Crippen LogP contribution in [0.2, 0.25) is 0 Å². The number of halogens is 1. The zero-order valence-corrected chi connectivity index (χ0v) is 19.6. The Morgan fingerprint density at radius 1 is 1.17 bits per heavy atom. The number of hydrogen-bond acceptors (Lipinski definition) is 6. The Hall–Kier alpha value is -4.48. The van der Waals surface area contributed by atoms with Gasteiger partial charge in [0.25, 0.3) is 5.91 Å². The third kappa shape index (κ3) is 4.83. The molecule has 8 heteroatoms. The SMILES string of the molecule is C=C(O/C(=N\N)C(C)F)c1ccc2c(c1)C(=O)N([C@H](c1cccc(C#N)c1)[C@@H](O)c1ccccc1)C2. The molecule has 0 aromatic heterocycles. The van der Waals surface area contributed by atoms with Gasteiger partial charge in [-0.1, -0.05) is 61.2 Å². The molecule has 1 heterocycles. The van der Waals surface area contributed by atoms with Gasteiger partial charge < -0.3 is 20.6 Å². The lowest BCUT2D eigenvalue weighted by Gasteiger charge is -2.32. The number of nitrogens with two attached hydrogens (primary N) is 1. The zero-order chi connectivity index (χ0) is 25.8. The molecule has 0 spiro atoms. The van der Waals surface area contributed by atoms with Gasteiger partial charge in [0.15, 0.2) is 6.17 Å². The number of aliphatic hydroxyl groups is 1. The van der Waals surface area contributed by atoms with Crippen molar-refractivity contribution < 1.29 is 19.0 Å². The van der Waals surface area contributed by atoms with Crippen molar-refractivity contribution in [2.45, 2.75) is 31.8 Å². The summed E-state index contributed by atoms with van der Waals surface area (Å²) in [7, 11) is 0. The summed E-state index contributed by atoms with van der Waals surface area (Å²) in [5.74, 6) is 4.67. The number of nitriles is 1. The maximum absolute atomic E-state index is 13.6. The Labute approximate surface area is 208 Å². The summed E-state index contributed by atoms with van der Waals surface area (Å²) < 4.78 is 19.0. The van der Waals surface area contributed by atoms with E-state index >= 15 is 0 Å². The van der Waals surface area contributed by atoms with Gasteiger partial charge in [0.2, 0.25) is 5.90 Å². The number of ether oxygens (including phenoxy) is 1. The average molecular weight is 485 g/mol. The number of carbonyl (C=O) groups is 1. The molecule has 0 bridgehead atoms. The van der Waals surface area contributed by atoms with Crippen molar-refractivity contribution in [1.82, 2.24) is 4.90 Å². The van der Waals surface area contributed by atoms with Crippen molar-refractivity contribution >= 4 is 17.6 Å². The van der Waals surface area contributed by atoms with Crippen LogP contribution in [0.25, 0.3) is 5.76 Å². The van der Waals surface area contributed by atoms with Gasteiger partial charge in [-0.3, -0.25) is 4.79 Å². The first-order valence-corrected chi connectivity index (χ1v) is 11.3. The van der Waals surface area contributed by atoms with E-state index in [9.17, 15) is 19.6 Å². The maximum Gasteiger partial charge on any atom is 0.255 e. The second-order valence-electron chi connectivity index (χ2n) is 8.45. The molecule has 7 nitrogen and oxygen atoms in total. The molecule has 3 aromatic carbocycles. The van der Waals surface area contributed by atoms with Crippen LogP contribution in [0.15, 0.2) is 84.5 Å². The van der Waals surface area contributed by atoms with Crippen LogP contribution in [0, 0.1) is 11.3 Å². The molecular formula is C28H25FN4O3. The molecule has 36 heavy (non-hydrogen) atoms. The van der Waals surface area contributed by atoms with Crippen LogP contribution in [0.4, 0.5) is 4.39 Å². The third-order valence-corrected chi connectivity index (χ3v) is 6.09. The Balaban J connectivity index is 1.69. The predicted octanol–water partition coefficient (Wildman–Crippen LogP) is 4.61. The molecule has 3 atom stereocenters.